The van der Waals surface area contributed by atoms with Crippen molar-refractivity contribution in [3.8, 4) is 17.2 Å². The van der Waals surface area contributed by atoms with E-state index in [9.17, 15) is 9.59 Å². The summed E-state index contributed by atoms with van der Waals surface area (Å²) in [6.45, 7) is 2.15. The van der Waals surface area contributed by atoms with E-state index in [1.807, 2.05) is 42.5 Å². The van der Waals surface area contributed by atoms with E-state index in [0.29, 0.717) is 36.5 Å². The number of amides is 1. The van der Waals surface area contributed by atoms with Crippen LogP contribution in [0.25, 0.3) is 0 Å². The van der Waals surface area contributed by atoms with Gasteiger partial charge in [0.15, 0.2) is 17.3 Å². The first kappa shape index (κ1) is 26.8. The molecule has 0 unspecified atom stereocenters. The van der Waals surface area contributed by atoms with Crippen molar-refractivity contribution >= 4 is 19.3 Å². The molecule has 0 aromatic heterocycles. The summed E-state index contributed by atoms with van der Waals surface area (Å²) in [6, 6.07) is 12.1. The van der Waals surface area contributed by atoms with Crippen LogP contribution in [0.15, 0.2) is 42.5 Å². The van der Waals surface area contributed by atoms with Gasteiger partial charge in [0, 0.05) is 27.0 Å². The maximum Gasteiger partial charge on any atom is 0.396 e. The Bertz CT molecular complexity index is 982. The van der Waals surface area contributed by atoms with Gasteiger partial charge in [-0.25, -0.2) is 0 Å². The molecule has 8 heteroatoms. The second-order valence-corrected chi connectivity index (χ2v) is 8.95. The first-order valence-electron chi connectivity index (χ1n) is 12.3. The Labute approximate surface area is 209 Å². The normalized spacial score (nSPS) is 18.1. The molecule has 2 aromatic rings. The maximum atomic E-state index is 13.6. The van der Waals surface area contributed by atoms with Crippen LogP contribution in [-0.2, 0) is 27.1 Å². The minimum absolute atomic E-state index is 0.0696. The fraction of sp³-hybridized carbons (Fsp3) is 0.481. The number of carbonyl (C=O) groups excluding carboxylic acids is 2. The van der Waals surface area contributed by atoms with Crippen LogP contribution in [0.2, 0.25) is 0 Å². The Balaban J connectivity index is 1.98. The summed E-state index contributed by atoms with van der Waals surface area (Å²) in [7, 11) is 6.26. The Morgan fingerprint density at radius 3 is 2.51 bits per heavy atom. The topological polar surface area (TPSA) is 77.1 Å². The van der Waals surface area contributed by atoms with Crippen molar-refractivity contribution in [1.82, 2.24) is 10.1 Å². The van der Waals surface area contributed by atoms with E-state index in [1.165, 1.54) is 14.7 Å². The number of hydrogen-bond donors (Lipinski definition) is 1. The molecule has 0 saturated carbocycles. The molecule has 2 atom stereocenters. The minimum atomic E-state index is -0.582. The van der Waals surface area contributed by atoms with Gasteiger partial charge in [-0.3, -0.25) is 9.59 Å². The molecular formula is C27H36BN2O5. The van der Waals surface area contributed by atoms with Crippen LogP contribution < -0.4 is 14.7 Å². The van der Waals surface area contributed by atoms with Crippen LogP contribution >= 0.6 is 0 Å². The molecule has 0 fully saturated rings. The monoisotopic (exact) mass is 479 g/mol. The van der Waals surface area contributed by atoms with Gasteiger partial charge < -0.3 is 24.3 Å². The van der Waals surface area contributed by atoms with Gasteiger partial charge in [0.1, 0.15) is 5.75 Å². The lowest BCUT2D eigenvalue weighted by Crippen LogP contribution is -2.53. The summed E-state index contributed by atoms with van der Waals surface area (Å²) in [5.74, 6) is 1.76. The number of nitrogens with one attached hydrogen (secondary N) is 1. The fourth-order valence-corrected chi connectivity index (χ4v) is 4.33. The van der Waals surface area contributed by atoms with Gasteiger partial charge in [-0.15, -0.1) is 0 Å². The molecule has 1 radical (unpaired) electrons. The second-order valence-electron chi connectivity index (χ2n) is 8.95. The molecule has 2 aliphatic heterocycles. The molecular weight excluding hydrogens is 443 g/mol. The van der Waals surface area contributed by atoms with Crippen LogP contribution in [0.4, 0.5) is 0 Å². The van der Waals surface area contributed by atoms with Crippen molar-refractivity contribution in [1.29, 1.82) is 0 Å². The Morgan fingerprint density at radius 1 is 1.09 bits per heavy atom. The molecule has 4 bridgehead atoms. The quantitative estimate of drug-likeness (QED) is 0.409. The smallest absolute Gasteiger partial charge is 0.396 e. The summed E-state index contributed by atoms with van der Waals surface area (Å²) >= 11 is 0. The number of benzene rings is 2. The minimum Gasteiger partial charge on any atom is -0.493 e. The number of ether oxygens (including phenoxy) is 2. The standard InChI is InChI=1S/C27H36BN2O5/c1-5-6-7-8-9-24(31)23-17-20-12-15-25(33-3)26(18-20)35-21-13-10-19(11-14-21)16-22(29-28-34-4)27(32)30(23)2/h10-15,18,22-23,29H,5-9,16-17H2,1-4H3/t22-,23-/m0/s1. The number of methoxy groups -OCH3 is 1. The number of likely N-dealkylation sites (N-methyl/N-ethyl adjacent to an activating group) is 1. The number of nitrogens with zero attached hydrogens (tertiary/aromatic N) is 1. The molecule has 4 rings (SSSR count). The lowest BCUT2D eigenvalue weighted by Gasteiger charge is -2.31. The highest BCUT2D eigenvalue weighted by atomic mass is 16.5. The Kier molecular flexibility index (Phi) is 10.2. The average molecular weight is 479 g/mol. The average Bonchev–Trinajstić information content (AvgIpc) is 2.87. The summed E-state index contributed by atoms with van der Waals surface area (Å²) in [4.78, 5) is 28.6. The highest BCUT2D eigenvalue weighted by molar-refractivity contribution is 6.24. The van der Waals surface area contributed by atoms with Gasteiger partial charge in [0.25, 0.3) is 0 Å². The van der Waals surface area contributed by atoms with Gasteiger partial charge in [-0.05, 0) is 48.2 Å². The van der Waals surface area contributed by atoms with Gasteiger partial charge >= 0.3 is 7.62 Å². The van der Waals surface area contributed by atoms with Crippen molar-refractivity contribution in [3.63, 3.8) is 0 Å². The number of rotatable bonds is 10. The van der Waals surface area contributed by atoms with Gasteiger partial charge in [-0.1, -0.05) is 44.4 Å². The molecule has 0 spiro atoms. The van der Waals surface area contributed by atoms with Crippen LogP contribution in [0.5, 0.6) is 17.2 Å². The zero-order valence-corrected chi connectivity index (χ0v) is 21.2. The van der Waals surface area contributed by atoms with Crippen molar-refractivity contribution in [2.75, 3.05) is 21.3 Å². The maximum absolute atomic E-state index is 13.6. The SMILES string of the molecule is CCCCCCC(=O)[C@@H]1Cc2ccc(OC)c(c2)Oc2ccc(cc2)C[C@H](N[B]OC)C(=O)N1C. The number of ketones is 1. The molecule has 1 amide bonds. The lowest BCUT2D eigenvalue weighted by atomic mass is 9.95. The van der Waals surface area contributed by atoms with Crippen molar-refractivity contribution in [2.45, 2.75) is 64.0 Å². The molecule has 187 valence electrons. The molecule has 2 aliphatic rings. The Hall–Kier alpha value is -2.84. The summed E-state index contributed by atoms with van der Waals surface area (Å²) in [5.41, 5.74) is 1.86. The third-order valence-corrected chi connectivity index (χ3v) is 6.40. The molecule has 1 N–H and O–H groups in total. The number of carbonyl (C=O) groups is 2. The van der Waals surface area contributed by atoms with Gasteiger partial charge in [0.05, 0.1) is 19.2 Å². The predicted octanol–water partition coefficient (Wildman–Crippen LogP) is 4.09. The molecule has 7 nitrogen and oxygen atoms in total. The van der Waals surface area contributed by atoms with Crippen molar-refractivity contribution < 1.29 is 23.7 Å². The Morgan fingerprint density at radius 2 is 1.83 bits per heavy atom. The van der Waals surface area contributed by atoms with Crippen molar-refractivity contribution in [3.05, 3.63) is 53.6 Å². The molecule has 0 aliphatic carbocycles. The first-order valence-corrected chi connectivity index (χ1v) is 12.3. The van der Waals surface area contributed by atoms with Crippen LogP contribution in [-0.4, -0.2) is 57.6 Å². The molecule has 2 heterocycles. The van der Waals surface area contributed by atoms with Gasteiger partial charge in [-0.2, -0.15) is 0 Å². The second kappa shape index (κ2) is 13.3. The predicted molar refractivity (Wildman–Crippen MR) is 137 cm³/mol. The highest BCUT2D eigenvalue weighted by Crippen LogP contribution is 2.33. The van der Waals surface area contributed by atoms with E-state index in [1.54, 1.807) is 19.1 Å². The summed E-state index contributed by atoms with van der Waals surface area (Å²) < 4.78 is 16.7. The lowest BCUT2D eigenvalue weighted by molar-refractivity contribution is -0.139. The van der Waals surface area contributed by atoms with Gasteiger partial charge in [0.2, 0.25) is 5.91 Å². The number of Topliss-reactive ketones (excluding diaryl/α,β-unsaturated/α-hetero) is 1. The van der Waals surface area contributed by atoms with E-state index >= 15 is 0 Å². The fourth-order valence-electron chi connectivity index (χ4n) is 4.33. The number of unbranched alkanes of at least 4 members (excludes halogenated alkanes) is 3. The van der Waals surface area contributed by atoms with Crippen LogP contribution in [0.1, 0.15) is 50.2 Å². The largest absolute Gasteiger partial charge is 0.493 e. The number of fused-ring (bicyclic) bond motifs is 7. The third-order valence-electron chi connectivity index (χ3n) is 6.40. The van der Waals surface area contributed by atoms with E-state index < -0.39 is 12.1 Å². The molecule has 2 aromatic carbocycles. The molecule has 35 heavy (non-hydrogen) atoms. The molecule has 0 saturated heterocycles. The van der Waals surface area contributed by atoms with Crippen LogP contribution in [0.3, 0.4) is 0 Å². The van der Waals surface area contributed by atoms with E-state index in [0.717, 1.165) is 36.8 Å². The van der Waals surface area contributed by atoms with E-state index in [2.05, 4.69) is 12.2 Å². The zero-order chi connectivity index (χ0) is 25.2. The number of hydrogen-bond acceptors (Lipinski definition) is 6. The zero-order valence-electron chi connectivity index (χ0n) is 21.2. The first-order chi connectivity index (χ1) is 17.0. The van der Waals surface area contributed by atoms with Crippen LogP contribution in [0, 0.1) is 0 Å². The highest BCUT2D eigenvalue weighted by Gasteiger charge is 2.31. The van der Waals surface area contributed by atoms with Crippen molar-refractivity contribution in [2.24, 2.45) is 0 Å². The summed E-state index contributed by atoms with van der Waals surface area (Å²) in [6.07, 6.45) is 5.33. The van der Waals surface area contributed by atoms with E-state index in [4.69, 9.17) is 14.1 Å². The van der Waals surface area contributed by atoms with E-state index in [-0.39, 0.29) is 11.7 Å². The third kappa shape index (κ3) is 7.32. The summed E-state index contributed by atoms with van der Waals surface area (Å²) in [5, 5.41) is 3.06.